The number of fused-ring (bicyclic) bond motifs is 2. The number of esters is 1. The van der Waals surface area contributed by atoms with Crippen molar-refractivity contribution in [2.24, 2.45) is 5.73 Å². The predicted molar refractivity (Wildman–Crippen MR) is 151 cm³/mol. The van der Waals surface area contributed by atoms with Crippen LogP contribution in [-0.4, -0.2) is 53.1 Å². The van der Waals surface area contributed by atoms with E-state index in [2.05, 4.69) is 15.3 Å². The number of cyclic esters (lactones) is 1. The van der Waals surface area contributed by atoms with Crippen molar-refractivity contribution in [2.45, 2.75) is 78.0 Å². The molecule has 11 heteroatoms. The Morgan fingerprint density at radius 1 is 1.15 bits per heavy atom. The van der Waals surface area contributed by atoms with Crippen LogP contribution in [0.1, 0.15) is 81.9 Å². The van der Waals surface area contributed by atoms with Crippen LogP contribution in [0.25, 0.3) is 10.8 Å². The Morgan fingerprint density at radius 2 is 1.90 bits per heavy atom. The van der Waals surface area contributed by atoms with Gasteiger partial charge in [-0.15, -0.1) is 0 Å². The molecule has 3 aromatic rings. The molecule has 0 spiro atoms. The first-order chi connectivity index (χ1) is 18.3. The molecular formula is C28H37N5O5S. The molecule has 1 aliphatic heterocycles. The maximum absolute atomic E-state index is 12.3. The summed E-state index contributed by atoms with van der Waals surface area (Å²) in [5.41, 5.74) is 7.98. The van der Waals surface area contributed by atoms with Crippen LogP contribution < -0.4 is 15.8 Å². The van der Waals surface area contributed by atoms with Gasteiger partial charge in [0.2, 0.25) is 5.88 Å². The number of pyridine rings is 3. The van der Waals surface area contributed by atoms with E-state index < -0.39 is 15.4 Å². The molecule has 0 radical (unpaired) electrons. The quantitative estimate of drug-likeness (QED) is 0.340. The second-order valence-electron chi connectivity index (χ2n) is 10.5. The van der Waals surface area contributed by atoms with Crippen molar-refractivity contribution in [3.8, 4) is 5.88 Å². The van der Waals surface area contributed by atoms with E-state index in [9.17, 15) is 13.2 Å². The van der Waals surface area contributed by atoms with Crippen molar-refractivity contribution < 1.29 is 22.7 Å². The molecule has 0 bridgehead atoms. The summed E-state index contributed by atoms with van der Waals surface area (Å²) in [6.45, 7) is 11.3. The number of carbonyl (C=O) groups excluding carboxylic acids is 1. The highest BCUT2D eigenvalue weighted by atomic mass is 32.2. The summed E-state index contributed by atoms with van der Waals surface area (Å²) in [4.78, 5) is 26.1. The zero-order chi connectivity index (χ0) is 28.5. The van der Waals surface area contributed by atoms with Crippen LogP contribution in [0.3, 0.4) is 0 Å². The number of nitrogens with two attached hydrogens (primary N) is 1. The summed E-state index contributed by atoms with van der Waals surface area (Å²) < 4.78 is 35.4. The van der Waals surface area contributed by atoms with Crippen molar-refractivity contribution >= 4 is 38.2 Å². The summed E-state index contributed by atoms with van der Waals surface area (Å²) in [6.07, 6.45) is 3.79. The summed E-state index contributed by atoms with van der Waals surface area (Å²) in [6, 6.07) is 5.32. The topological polar surface area (TPSA) is 146 Å². The zero-order valence-electron chi connectivity index (χ0n) is 23.3. The lowest BCUT2D eigenvalue weighted by atomic mass is 9.88. The van der Waals surface area contributed by atoms with E-state index in [-0.39, 0.29) is 35.6 Å². The van der Waals surface area contributed by atoms with E-state index in [1.165, 1.54) is 0 Å². The number of carbonyl (C=O) groups is 1. The Bertz CT molecular complexity index is 1490. The number of nitrogens with zero attached hydrogens (tertiary/aromatic N) is 3. The van der Waals surface area contributed by atoms with Gasteiger partial charge in [-0.1, -0.05) is 20.8 Å². The van der Waals surface area contributed by atoms with Gasteiger partial charge in [0.25, 0.3) is 0 Å². The Hall–Kier alpha value is -3.31. The van der Waals surface area contributed by atoms with Gasteiger partial charge in [-0.3, -0.25) is 0 Å². The number of hydrogen-bond acceptors (Lipinski definition) is 10. The van der Waals surface area contributed by atoms with Crippen molar-refractivity contribution in [3.05, 3.63) is 47.4 Å². The fraction of sp³-hybridized carbons (Fsp3) is 0.500. The molecule has 0 unspecified atom stereocenters. The van der Waals surface area contributed by atoms with Gasteiger partial charge in [0.1, 0.15) is 27.6 Å². The third kappa shape index (κ3) is 6.14. The fourth-order valence-corrected chi connectivity index (χ4v) is 5.39. The minimum atomic E-state index is -3.10. The van der Waals surface area contributed by atoms with Crippen LogP contribution in [0.5, 0.6) is 5.88 Å². The van der Waals surface area contributed by atoms with E-state index in [4.69, 9.17) is 20.2 Å². The Labute approximate surface area is 229 Å². The molecule has 0 aliphatic carbocycles. The largest absolute Gasteiger partial charge is 0.474 e. The van der Waals surface area contributed by atoms with Crippen LogP contribution in [0, 0.1) is 0 Å². The highest BCUT2D eigenvalue weighted by molar-refractivity contribution is 7.91. The Morgan fingerprint density at radius 3 is 2.59 bits per heavy atom. The van der Waals surface area contributed by atoms with E-state index in [1.807, 2.05) is 40.7 Å². The molecule has 4 atom stereocenters. The summed E-state index contributed by atoms with van der Waals surface area (Å²) >= 11 is 0. The predicted octanol–water partition coefficient (Wildman–Crippen LogP) is 4.61. The lowest BCUT2D eigenvalue weighted by molar-refractivity contribution is 0.0235. The molecule has 3 aromatic heterocycles. The van der Waals surface area contributed by atoms with E-state index in [0.29, 0.717) is 47.0 Å². The van der Waals surface area contributed by atoms with Crippen molar-refractivity contribution in [1.29, 1.82) is 0 Å². The van der Waals surface area contributed by atoms with Gasteiger partial charge in [0.15, 0.2) is 0 Å². The number of nitrogens with one attached hydrogen (secondary N) is 1. The first-order valence-electron chi connectivity index (χ1n) is 13.3. The molecule has 0 saturated heterocycles. The van der Waals surface area contributed by atoms with Crippen LogP contribution in [0.15, 0.2) is 30.6 Å². The molecule has 3 N–H and O–H groups in total. The third-order valence-electron chi connectivity index (χ3n) is 7.50. The van der Waals surface area contributed by atoms with Gasteiger partial charge in [0, 0.05) is 29.6 Å². The second kappa shape index (κ2) is 11.1. The van der Waals surface area contributed by atoms with Crippen molar-refractivity contribution in [1.82, 2.24) is 15.0 Å². The minimum absolute atomic E-state index is 0.0433. The summed E-state index contributed by atoms with van der Waals surface area (Å²) in [5, 5.41) is 4.75. The van der Waals surface area contributed by atoms with Gasteiger partial charge in [-0.2, -0.15) is 0 Å². The maximum atomic E-state index is 12.3. The molecule has 39 heavy (non-hydrogen) atoms. The summed E-state index contributed by atoms with van der Waals surface area (Å²) in [5.74, 6) is 1.20. The van der Waals surface area contributed by atoms with E-state index >= 15 is 0 Å². The van der Waals surface area contributed by atoms with E-state index in [0.717, 1.165) is 10.9 Å². The van der Waals surface area contributed by atoms with Crippen LogP contribution in [0.2, 0.25) is 0 Å². The third-order valence-corrected chi connectivity index (χ3v) is 9.24. The number of sulfone groups is 1. The SMILES string of the molecule is CC[C@@](C)(N)c1cnc(O[C@H](C)CCS(=O)(=O)CC)c2cnc(Nc3ccc4c(n3)[C@@H](C)[C@H](C)OC4=O)cc12. The number of anilines is 2. The van der Waals surface area contributed by atoms with Crippen molar-refractivity contribution in [2.75, 3.05) is 16.8 Å². The Balaban J connectivity index is 1.68. The van der Waals surface area contributed by atoms with Gasteiger partial charge in [0.05, 0.1) is 28.5 Å². The fourth-order valence-electron chi connectivity index (χ4n) is 4.41. The van der Waals surface area contributed by atoms with Crippen LogP contribution >= 0.6 is 0 Å². The highest BCUT2D eigenvalue weighted by Gasteiger charge is 2.31. The lowest BCUT2D eigenvalue weighted by Gasteiger charge is -2.27. The molecule has 210 valence electrons. The zero-order valence-corrected chi connectivity index (χ0v) is 24.1. The number of rotatable bonds is 10. The molecular weight excluding hydrogens is 518 g/mol. The van der Waals surface area contributed by atoms with Crippen LogP contribution in [-0.2, 0) is 20.1 Å². The number of aromatic nitrogens is 3. The lowest BCUT2D eigenvalue weighted by Crippen LogP contribution is -2.32. The summed E-state index contributed by atoms with van der Waals surface area (Å²) in [7, 11) is -3.10. The average Bonchev–Trinajstić information content (AvgIpc) is 2.90. The molecule has 0 fully saturated rings. The molecule has 4 heterocycles. The molecule has 10 nitrogen and oxygen atoms in total. The number of hydrogen-bond donors (Lipinski definition) is 2. The van der Waals surface area contributed by atoms with Gasteiger partial charge >= 0.3 is 5.97 Å². The van der Waals surface area contributed by atoms with Crippen LogP contribution in [0.4, 0.5) is 11.6 Å². The number of ether oxygens (including phenoxy) is 2. The van der Waals surface area contributed by atoms with Gasteiger partial charge < -0.3 is 20.5 Å². The standard InChI is InChI=1S/C28H37N5O5S/c1-7-28(6,29)22-15-31-26(37-16(3)11-12-39(35,36)8-2)21-14-30-24(13-20(21)22)32-23-10-9-19-25(33-23)17(4)18(5)38-27(19)34/h9-10,13-18H,7-8,11-12,29H2,1-6H3,(H,30,32,33)/t16-,17+,18+,28-/m1/s1. The molecule has 0 aromatic carbocycles. The smallest absolute Gasteiger partial charge is 0.340 e. The van der Waals surface area contributed by atoms with Gasteiger partial charge in [-0.25, -0.2) is 28.2 Å². The van der Waals surface area contributed by atoms with Gasteiger partial charge in [-0.05, 0) is 62.8 Å². The maximum Gasteiger partial charge on any atom is 0.340 e. The minimum Gasteiger partial charge on any atom is -0.474 e. The van der Waals surface area contributed by atoms with E-state index in [1.54, 1.807) is 31.5 Å². The molecule has 0 amide bonds. The first-order valence-corrected chi connectivity index (χ1v) is 15.1. The average molecular weight is 556 g/mol. The normalized spacial score (nSPS) is 19.6. The molecule has 1 aliphatic rings. The molecule has 0 saturated carbocycles. The Kier molecular flexibility index (Phi) is 8.13. The second-order valence-corrected chi connectivity index (χ2v) is 12.9. The molecule has 4 rings (SSSR count). The first kappa shape index (κ1) is 28.7. The highest BCUT2D eigenvalue weighted by Crippen LogP contribution is 2.35. The van der Waals surface area contributed by atoms with Crippen molar-refractivity contribution in [3.63, 3.8) is 0 Å². The monoisotopic (exact) mass is 555 g/mol.